The number of methoxy groups -OCH3 is 1. The molecule has 3 aromatic rings. The van der Waals surface area contributed by atoms with Crippen LogP contribution in [0.5, 0.6) is 11.5 Å². The van der Waals surface area contributed by atoms with E-state index >= 15 is 0 Å². The standard InChI is InChI=1S/C21H20BrClN2O3/c1-4-8-28-19-15(22)9-13(11-17(19)27-3)10-16(23)20-24-18-12(2)6-5-7-14(18)21(26)25-20/h5-7,9-11H,4,8H2,1-3H3,(H,24,25,26)/b16-10-. The van der Waals surface area contributed by atoms with E-state index in [0.29, 0.717) is 39.9 Å². The Hall–Kier alpha value is -2.31. The van der Waals surface area contributed by atoms with Crippen LogP contribution in [0.1, 0.15) is 30.3 Å². The molecule has 0 fully saturated rings. The predicted molar refractivity (Wildman–Crippen MR) is 117 cm³/mol. The number of benzene rings is 2. The lowest BCUT2D eigenvalue weighted by Gasteiger charge is -2.13. The highest BCUT2D eigenvalue weighted by Crippen LogP contribution is 2.38. The number of aryl methyl sites for hydroxylation is 1. The number of fused-ring (bicyclic) bond motifs is 1. The normalized spacial score (nSPS) is 11.7. The zero-order valence-corrected chi connectivity index (χ0v) is 18.1. The fourth-order valence-corrected chi connectivity index (χ4v) is 3.59. The van der Waals surface area contributed by atoms with Gasteiger partial charge in [0, 0.05) is 0 Å². The number of hydrogen-bond acceptors (Lipinski definition) is 4. The summed E-state index contributed by atoms with van der Waals surface area (Å²) in [6.07, 6.45) is 2.62. The average Bonchev–Trinajstić information content (AvgIpc) is 2.67. The Bertz CT molecular complexity index is 1110. The van der Waals surface area contributed by atoms with Crippen LogP contribution in [0, 0.1) is 6.92 Å². The lowest BCUT2D eigenvalue weighted by atomic mass is 10.1. The zero-order chi connectivity index (χ0) is 20.3. The van der Waals surface area contributed by atoms with Crippen molar-refractivity contribution in [3.05, 3.63) is 62.1 Å². The van der Waals surface area contributed by atoms with Crippen molar-refractivity contribution in [1.82, 2.24) is 9.97 Å². The second-order valence-electron chi connectivity index (χ2n) is 6.26. The topological polar surface area (TPSA) is 64.2 Å². The number of ether oxygens (including phenoxy) is 2. The van der Waals surface area contributed by atoms with Crippen molar-refractivity contribution in [1.29, 1.82) is 0 Å². The molecule has 0 amide bonds. The molecule has 0 radical (unpaired) electrons. The van der Waals surface area contributed by atoms with Gasteiger partial charge in [0.15, 0.2) is 17.3 Å². The van der Waals surface area contributed by atoms with Gasteiger partial charge in [-0.2, -0.15) is 0 Å². The maximum atomic E-state index is 12.4. The molecule has 0 saturated heterocycles. The molecule has 5 nitrogen and oxygen atoms in total. The lowest BCUT2D eigenvalue weighted by Crippen LogP contribution is -2.11. The first-order valence-electron chi connectivity index (χ1n) is 8.82. The first-order chi connectivity index (χ1) is 13.4. The minimum absolute atomic E-state index is 0.225. The van der Waals surface area contributed by atoms with E-state index in [1.165, 1.54) is 0 Å². The van der Waals surface area contributed by atoms with E-state index in [0.717, 1.165) is 22.0 Å². The third-order valence-corrected chi connectivity index (χ3v) is 5.04. The molecule has 28 heavy (non-hydrogen) atoms. The molecular formula is C21H20BrClN2O3. The van der Waals surface area contributed by atoms with Crippen LogP contribution >= 0.6 is 27.5 Å². The van der Waals surface area contributed by atoms with Gasteiger partial charge in [0.25, 0.3) is 5.56 Å². The van der Waals surface area contributed by atoms with Crippen molar-refractivity contribution in [2.45, 2.75) is 20.3 Å². The van der Waals surface area contributed by atoms with Gasteiger partial charge in [-0.05, 0) is 64.7 Å². The van der Waals surface area contributed by atoms with E-state index in [4.69, 9.17) is 21.1 Å². The van der Waals surface area contributed by atoms with Crippen LogP contribution < -0.4 is 15.0 Å². The Labute approximate surface area is 176 Å². The Balaban J connectivity index is 2.04. The molecule has 3 rings (SSSR count). The highest BCUT2D eigenvalue weighted by atomic mass is 79.9. The van der Waals surface area contributed by atoms with E-state index in [-0.39, 0.29) is 5.56 Å². The van der Waals surface area contributed by atoms with E-state index in [9.17, 15) is 4.79 Å². The monoisotopic (exact) mass is 462 g/mol. The van der Waals surface area contributed by atoms with Gasteiger partial charge in [0.1, 0.15) is 0 Å². The van der Waals surface area contributed by atoms with Gasteiger partial charge in [-0.3, -0.25) is 4.79 Å². The Kier molecular flexibility index (Phi) is 6.42. The molecule has 0 aliphatic carbocycles. The molecule has 146 valence electrons. The smallest absolute Gasteiger partial charge is 0.259 e. The molecule has 0 bridgehead atoms. The third-order valence-electron chi connectivity index (χ3n) is 4.16. The molecule has 1 heterocycles. The predicted octanol–water partition coefficient (Wildman–Crippen LogP) is 5.53. The molecule has 0 unspecified atom stereocenters. The van der Waals surface area contributed by atoms with E-state index in [2.05, 4.69) is 25.9 Å². The van der Waals surface area contributed by atoms with Crippen LogP contribution in [0.2, 0.25) is 0 Å². The Morgan fingerprint density at radius 2 is 2.14 bits per heavy atom. The number of para-hydroxylation sites is 1. The fraction of sp³-hybridized carbons (Fsp3) is 0.238. The van der Waals surface area contributed by atoms with Gasteiger partial charge in [-0.15, -0.1) is 0 Å². The van der Waals surface area contributed by atoms with Gasteiger partial charge >= 0.3 is 0 Å². The van der Waals surface area contributed by atoms with Crippen molar-refractivity contribution in [2.75, 3.05) is 13.7 Å². The first-order valence-corrected chi connectivity index (χ1v) is 9.99. The number of nitrogens with zero attached hydrogens (tertiary/aromatic N) is 1. The molecule has 0 atom stereocenters. The highest BCUT2D eigenvalue weighted by Gasteiger charge is 2.13. The quantitative estimate of drug-likeness (QED) is 0.522. The van der Waals surface area contributed by atoms with Crippen molar-refractivity contribution >= 4 is 49.5 Å². The molecule has 0 aliphatic rings. The van der Waals surface area contributed by atoms with Gasteiger partial charge < -0.3 is 14.5 Å². The summed E-state index contributed by atoms with van der Waals surface area (Å²) in [5.74, 6) is 1.55. The molecule has 0 aliphatic heterocycles. The molecule has 7 heteroatoms. The van der Waals surface area contributed by atoms with Gasteiger partial charge in [0.2, 0.25) is 0 Å². The Morgan fingerprint density at radius 3 is 2.86 bits per heavy atom. The minimum Gasteiger partial charge on any atom is -0.493 e. The van der Waals surface area contributed by atoms with Gasteiger partial charge in [-0.1, -0.05) is 30.7 Å². The van der Waals surface area contributed by atoms with Gasteiger partial charge in [0.05, 0.1) is 34.1 Å². The summed E-state index contributed by atoms with van der Waals surface area (Å²) in [7, 11) is 1.58. The second kappa shape index (κ2) is 8.80. The lowest BCUT2D eigenvalue weighted by molar-refractivity contribution is 0.292. The minimum atomic E-state index is -0.225. The van der Waals surface area contributed by atoms with Crippen LogP contribution in [0.3, 0.4) is 0 Å². The summed E-state index contributed by atoms with van der Waals surface area (Å²) in [5.41, 5.74) is 2.11. The third kappa shape index (κ3) is 4.23. The summed E-state index contributed by atoms with van der Waals surface area (Å²) in [4.78, 5) is 19.7. The van der Waals surface area contributed by atoms with Crippen molar-refractivity contribution < 1.29 is 9.47 Å². The molecule has 0 spiro atoms. The SMILES string of the molecule is CCCOc1c(Br)cc(/C=C(\Cl)c2nc3c(C)cccc3c(=O)[nH]2)cc1OC. The maximum absolute atomic E-state index is 12.4. The number of hydrogen-bond donors (Lipinski definition) is 1. The van der Waals surface area contributed by atoms with E-state index in [1.807, 2.05) is 38.1 Å². The number of nitrogens with one attached hydrogen (secondary N) is 1. The molecule has 2 aromatic carbocycles. The van der Waals surface area contributed by atoms with Gasteiger partial charge in [-0.25, -0.2) is 4.98 Å². The second-order valence-corrected chi connectivity index (χ2v) is 7.52. The van der Waals surface area contributed by atoms with Crippen molar-refractivity contribution in [2.24, 2.45) is 0 Å². The highest BCUT2D eigenvalue weighted by molar-refractivity contribution is 9.10. The van der Waals surface area contributed by atoms with Crippen LogP contribution in [0.4, 0.5) is 0 Å². The zero-order valence-electron chi connectivity index (χ0n) is 15.8. The van der Waals surface area contributed by atoms with Crippen LogP contribution in [-0.2, 0) is 0 Å². The van der Waals surface area contributed by atoms with Crippen LogP contribution in [0.25, 0.3) is 22.0 Å². The first kappa shape index (κ1) is 20.4. The maximum Gasteiger partial charge on any atom is 0.259 e. The number of aromatic amines is 1. The summed E-state index contributed by atoms with van der Waals surface area (Å²) >= 11 is 10.00. The molecular weight excluding hydrogens is 444 g/mol. The van der Waals surface area contributed by atoms with E-state index < -0.39 is 0 Å². The van der Waals surface area contributed by atoms with Crippen molar-refractivity contribution in [3.63, 3.8) is 0 Å². The number of halogens is 2. The summed E-state index contributed by atoms with van der Waals surface area (Å²) in [6, 6.07) is 9.18. The molecule has 1 N–H and O–H groups in total. The number of aromatic nitrogens is 2. The molecule has 0 saturated carbocycles. The van der Waals surface area contributed by atoms with Crippen molar-refractivity contribution in [3.8, 4) is 11.5 Å². The fourth-order valence-electron chi connectivity index (χ4n) is 2.80. The summed E-state index contributed by atoms with van der Waals surface area (Å²) in [5, 5.41) is 0.855. The molecule has 1 aromatic heterocycles. The summed E-state index contributed by atoms with van der Waals surface area (Å²) in [6.45, 7) is 4.54. The van der Waals surface area contributed by atoms with Crippen LogP contribution in [0.15, 0.2) is 39.6 Å². The number of rotatable bonds is 6. The average molecular weight is 464 g/mol. The largest absolute Gasteiger partial charge is 0.493 e. The summed E-state index contributed by atoms with van der Waals surface area (Å²) < 4.78 is 11.9. The van der Waals surface area contributed by atoms with Crippen LogP contribution in [-0.4, -0.2) is 23.7 Å². The number of H-pyrrole nitrogens is 1. The Morgan fingerprint density at radius 1 is 1.36 bits per heavy atom. The van der Waals surface area contributed by atoms with E-state index in [1.54, 1.807) is 19.3 Å².